The molecule has 1 aliphatic carbocycles. The summed E-state index contributed by atoms with van der Waals surface area (Å²) in [5.41, 5.74) is 4.67. The lowest BCUT2D eigenvalue weighted by molar-refractivity contribution is 0.249. The van der Waals surface area contributed by atoms with Crippen molar-refractivity contribution in [3.63, 3.8) is 0 Å². The number of anilines is 1. The minimum atomic E-state index is -0.114. The number of nitrogens with one attached hydrogen (secondary N) is 1. The molecule has 1 aromatic carbocycles. The normalized spacial score (nSPS) is 14.7. The Bertz CT molecular complexity index is 548. The molecular weight excluding hydrogens is 304 g/mol. The lowest BCUT2D eigenvalue weighted by Crippen LogP contribution is -2.36. The van der Waals surface area contributed by atoms with E-state index in [1.165, 1.54) is 21.0 Å². The van der Waals surface area contributed by atoms with Crippen molar-refractivity contribution in [2.75, 3.05) is 4.31 Å². The summed E-state index contributed by atoms with van der Waals surface area (Å²) in [4.78, 5) is 12.5. The maximum Gasteiger partial charge on any atom is 0.332 e. The van der Waals surface area contributed by atoms with Crippen molar-refractivity contribution in [3.05, 3.63) is 28.8 Å². The van der Waals surface area contributed by atoms with E-state index in [0.29, 0.717) is 23.8 Å². The molecule has 1 aliphatic rings. The van der Waals surface area contributed by atoms with Gasteiger partial charge in [0.25, 0.3) is 0 Å². The van der Waals surface area contributed by atoms with E-state index < -0.39 is 0 Å². The molecule has 1 fully saturated rings. The third-order valence-electron chi connectivity index (χ3n) is 4.41. The average Bonchev–Trinajstić information content (AvgIpc) is 3.28. The van der Waals surface area contributed by atoms with E-state index in [2.05, 4.69) is 71.8 Å². The maximum absolute atomic E-state index is 12.5. The lowest BCUT2D eigenvalue weighted by Gasteiger charge is -2.28. The first-order chi connectivity index (χ1) is 10.7. The Kier molecular flexibility index (Phi) is 5.66. The van der Waals surface area contributed by atoms with Crippen LogP contribution in [0.3, 0.4) is 0 Å². The number of rotatable bonds is 5. The fourth-order valence-electron chi connectivity index (χ4n) is 2.73. The standard InChI is InChI=1S/C19H30N2OS/c1-11(2)14-9-16(12(3)4)18(17(10-14)13(5)6)21(23)19(22)20-15-7-8-15/h9-13,15,23H,7-8H2,1-6H3,(H,20,22). The van der Waals surface area contributed by atoms with Crippen molar-refractivity contribution in [1.82, 2.24) is 5.32 Å². The Morgan fingerprint density at radius 1 is 1.04 bits per heavy atom. The van der Waals surface area contributed by atoms with Gasteiger partial charge in [0.05, 0.1) is 5.69 Å². The van der Waals surface area contributed by atoms with Gasteiger partial charge in [0.2, 0.25) is 0 Å². The highest BCUT2D eigenvalue weighted by Gasteiger charge is 2.28. The molecule has 2 rings (SSSR count). The molecule has 1 aromatic rings. The van der Waals surface area contributed by atoms with Crippen LogP contribution in [0.25, 0.3) is 0 Å². The summed E-state index contributed by atoms with van der Waals surface area (Å²) >= 11 is 4.55. The van der Waals surface area contributed by atoms with Crippen LogP contribution in [0.15, 0.2) is 12.1 Å². The van der Waals surface area contributed by atoms with Crippen molar-refractivity contribution in [3.8, 4) is 0 Å². The highest BCUT2D eigenvalue weighted by Crippen LogP contribution is 2.39. The van der Waals surface area contributed by atoms with E-state index >= 15 is 0 Å². The predicted molar refractivity (Wildman–Crippen MR) is 102 cm³/mol. The largest absolute Gasteiger partial charge is 0.334 e. The molecule has 0 bridgehead atoms. The Morgan fingerprint density at radius 3 is 1.87 bits per heavy atom. The summed E-state index contributed by atoms with van der Waals surface area (Å²) in [6, 6.07) is 4.70. The second-order valence-corrected chi connectivity index (χ2v) is 7.95. The zero-order chi connectivity index (χ0) is 17.3. The van der Waals surface area contributed by atoms with Gasteiger partial charge in [-0.3, -0.25) is 0 Å². The van der Waals surface area contributed by atoms with Gasteiger partial charge in [-0.2, -0.15) is 0 Å². The molecule has 0 radical (unpaired) electrons. The third-order valence-corrected chi connectivity index (χ3v) is 4.79. The van der Waals surface area contributed by atoms with E-state index in [-0.39, 0.29) is 6.03 Å². The fourth-order valence-corrected chi connectivity index (χ4v) is 3.02. The van der Waals surface area contributed by atoms with Gasteiger partial charge in [-0.25, -0.2) is 9.10 Å². The summed E-state index contributed by atoms with van der Waals surface area (Å²) in [6.45, 7) is 13.1. The van der Waals surface area contributed by atoms with Gasteiger partial charge in [0.15, 0.2) is 0 Å². The van der Waals surface area contributed by atoms with Crippen LogP contribution in [0.1, 0.15) is 88.8 Å². The first kappa shape index (κ1) is 18.2. The molecule has 0 aliphatic heterocycles. The Morgan fingerprint density at radius 2 is 1.52 bits per heavy atom. The van der Waals surface area contributed by atoms with Crippen LogP contribution in [0.5, 0.6) is 0 Å². The summed E-state index contributed by atoms with van der Waals surface area (Å²) < 4.78 is 1.52. The number of hydrogen-bond donors (Lipinski definition) is 2. The van der Waals surface area contributed by atoms with Crippen LogP contribution < -0.4 is 9.62 Å². The van der Waals surface area contributed by atoms with Crippen molar-refractivity contribution >= 4 is 24.5 Å². The SMILES string of the molecule is CC(C)c1cc(C(C)C)c(N(S)C(=O)NC2CC2)c(C(C)C)c1. The zero-order valence-electron chi connectivity index (χ0n) is 15.2. The molecule has 0 atom stereocenters. The smallest absolute Gasteiger partial charge is 0.332 e. The number of thiol groups is 1. The molecular formula is C19H30N2OS. The summed E-state index contributed by atoms with van der Waals surface area (Å²) in [7, 11) is 0. The predicted octanol–water partition coefficient (Wildman–Crippen LogP) is 5.58. The number of benzene rings is 1. The second kappa shape index (κ2) is 7.16. The van der Waals surface area contributed by atoms with Crippen molar-refractivity contribution < 1.29 is 4.79 Å². The number of carbonyl (C=O) groups excluding carboxylic acids is 1. The lowest BCUT2D eigenvalue weighted by atomic mass is 9.87. The molecule has 4 heteroatoms. The van der Waals surface area contributed by atoms with Gasteiger partial charge in [-0.05, 0) is 47.3 Å². The first-order valence-electron chi connectivity index (χ1n) is 8.69. The monoisotopic (exact) mass is 334 g/mol. The van der Waals surface area contributed by atoms with Gasteiger partial charge < -0.3 is 5.32 Å². The highest BCUT2D eigenvalue weighted by molar-refractivity contribution is 7.82. The molecule has 3 nitrogen and oxygen atoms in total. The quantitative estimate of drug-likeness (QED) is 0.677. The van der Waals surface area contributed by atoms with E-state index in [4.69, 9.17) is 0 Å². The van der Waals surface area contributed by atoms with E-state index in [1.807, 2.05) is 0 Å². The van der Waals surface area contributed by atoms with Gasteiger partial charge in [0.1, 0.15) is 0 Å². The minimum Gasteiger partial charge on any atom is -0.334 e. The number of amides is 2. The molecule has 0 saturated heterocycles. The van der Waals surface area contributed by atoms with Crippen molar-refractivity contribution in [1.29, 1.82) is 0 Å². The molecule has 0 spiro atoms. The summed E-state index contributed by atoms with van der Waals surface area (Å²) in [5, 5.41) is 3.03. The Balaban J connectivity index is 2.51. The van der Waals surface area contributed by atoms with E-state index in [0.717, 1.165) is 18.5 Å². The van der Waals surface area contributed by atoms with Crippen LogP contribution in [0, 0.1) is 0 Å². The van der Waals surface area contributed by atoms with Crippen LogP contribution in [0.2, 0.25) is 0 Å². The number of nitrogens with zero attached hydrogens (tertiary/aromatic N) is 1. The summed E-state index contributed by atoms with van der Waals surface area (Å²) in [5.74, 6) is 1.14. The number of urea groups is 1. The second-order valence-electron chi connectivity index (χ2n) is 7.55. The summed E-state index contributed by atoms with van der Waals surface area (Å²) in [6.07, 6.45) is 2.15. The molecule has 1 saturated carbocycles. The molecule has 0 heterocycles. The number of hydrogen-bond acceptors (Lipinski definition) is 2. The molecule has 2 amide bonds. The zero-order valence-corrected chi connectivity index (χ0v) is 16.1. The maximum atomic E-state index is 12.5. The molecule has 23 heavy (non-hydrogen) atoms. The average molecular weight is 335 g/mol. The minimum absolute atomic E-state index is 0.114. The molecule has 0 aromatic heterocycles. The van der Waals surface area contributed by atoms with Crippen molar-refractivity contribution in [2.24, 2.45) is 0 Å². The molecule has 0 unspecified atom stereocenters. The van der Waals surface area contributed by atoms with Crippen molar-refractivity contribution in [2.45, 2.75) is 78.2 Å². The van der Waals surface area contributed by atoms with Gasteiger partial charge in [-0.15, -0.1) is 0 Å². The van der Waals surface area contributed by atoms with Crippen LogP contribution >= 0.6 is 12.8 Å². The Hall–Kier alpha value is -1.16. The van der Waals surface area contributed by atoms with Gasteiger partial charge in [-0.1, -0.05) is 66.5 Å². The molecule has 1 N–H and O–H groups in total. The van der Waals surface area contributed by atoms with Crippen LogP contribution in [-0.2, 0) is 0 Å². The molecule has 128 valence electrons. The first-order valence-corrected chi connectivity index (χ1v) is 9.09. The topological polar surface area (TPSA) is 32.3 Å². The van der Waals surface area contributed by atoms with Crippen LogP contribution in [-0.4, -0.2) is 12.1 Å². The fraction of sp³-hybridized carbons (Fsp3) is 0.632. The number of carbonyl (C=O) groups is 1. The van der Waals surface area contributed by atoms with Crippen LogP contribution in [0.4, 0.5) is 10.5 Å². The van der Waals surface area contributed by atoms with Gasteiger partial charge >= 0.3 is 6.03 Å². The van der Waals surface area contributed by atoms with E-state index in [9.17, 15) is 4.79 Å². The highest BCUT2D eigenvalue weighted by atomic mass is 32.1. The van der Waals surface area contributed by atoms with Gasteiger partial charge in [0, 0.05) is 6.04 Å². The van der Waals surface area contributed by atoms with E-state index in [1.54, 1.807) is 0 Å². The third kappa shape index (κ3) is 4.23. The Labute approximate surface area is 146 Å².